The molecule has 3 rings (SSSR count). The second kappa shape index (κ2) is 11.7. The molecule has 10 nitrogen and oxygen atoms in total. The number of aliphatic hydroxyl groups is 1. The molecule has 0 saturated heterocycles. The standard InChI is InChI=1S/C26H29F2N5O5/c1-5-31(3)24-15(2)10-18(27)22(23(24)28)20(14-34)30-19(25(36)37)12-16-6-8-29-17(11-16)13-33-21(35)7-9-32(4)26(33)38/h6-11,14,19,30,34H,5,12-13H2,1-4H3,(H,36,37)/b20-14+. The smallest absolute Gasteiger partial charge is 0.331 e. The van der Waals surface area contributed by atoms with Crippen molar-refractivity contribution in [3.05, 3.63) is 97.8 Å². The maximum Gasteiger partial charge on any atom is 0.331 e. The van der Waals surface area contributed by atoms with Crippen LogP contribution in [-0.2, 0) is 24.8 Å². The van der Waals surface area contributed by atoms with Gasteiger partial charge < -0.3 is 25.0 Å². The number of aliphatic hydroxyl groups excluding tert-OH is 1. The molecule has 2 heterocycles. The van der Waals surface area contributed by atoms with E-state index in [-0.39, 0.29) is 18.7 Å². The third-order valence-electron chi connectivity index (χ3n) is 6.15. The summed E-state index contributed by atoms with van der Waals surface area (Å²) in [5.74, 6) is -3.24. The molecule has 3 aromatic rings. The van der Waals surface area contributed by atoms with Crippen LogP contribution in [0.25, 0.3) is 5.70 Å². The summed E-state index contributed by atoms with van der Waals surface area (Å²) in [6.45, 7) is 3.63. The van der Waals surface area contributed by atoms with Gasteiger partial charge in [0.1, 0.15) is 18.1 Å². The summed E-state index contributed by atoms with van der Waals surface area (Å²) in [5, 5.41) is 22.2. The molecule has 1 aromatic carbocycles. The molecule has 38 heavy (non-hydrogen) atoms. The van der Waals surface area contributed by atoms with Crippen LogP contribution in [0.4, 0.5) is 14.5 Å². The lowest BCUT2D eigenvalue weighted by Gasteiger charge is -2.24. The zero-order chi connectivity index (χ0) is 28.1. The fraction of sp³-hybridized carbons (Fsp3) is 0.308. The van der Waals surface area contributed by atoms with Crippen LogP contribution in [0.3, 0.4) is 0 Å². The third kappa shape index (κ3) is 5.90. The molecule has 12 heteroatoms. The van der Waals surface area contributed by atoms with Gasteiger partial charge in [-0.3, -0.25) is 14.3 Å². The number of rotatable bonds is 10. The molecule has 0 saturated carbocycles. The van der Waals surface area contributed by atoms with Gasteiger partial charge in [-0.1, -0.05) is 0 Å². The maximum absolute atomic E-state index is 15.4. The molecule has 0 fully saturated rings. The molecule has 0 radical (unpaired) electrons. The average Bonchev–Trinajstić information content (AvgIpc) is 2.87. The lowest BCUT2D eigenvalue weighted by Crippen LogP contribution is -2.38. The fourth-order valence-electron chi connectivity index (χ4n) is 4.06. The van der Waals surface area contributed by atoms with Crippen molar-refractivity contribution in [1.82, 2.24) is 19.4 Å². The number of hydrogen-bond donors (Lipinski definition) is 3. The predicted molar refractivity (Wildman–Crippen MR) is 138 cm³/mol. The zero-order valence-corrected chi connectivity index (χ0v) is 21.4. The Morgan fingerprint density at radius 1 is 1.26 bits per heavy atom. The Labute approximate surface area is 217 Å². The number of aryl methyl sites for hydroxylation is 2. The van der Waals surface area contributed by atoms with Crippen LogP contribution >= 0.6 is 0 Å². The quantitative estimate of drug-likeness (QED) is 0.341. The number of aromatic nitrogens is 3. The number of anilines is 1. The number of pyridine rings is 1. The van der Waals surface area contributed by atoms with Gasteiger partial charge in [0.2, 0.25) is 0 Å². The van der Waals surface area contributed by atoms with Crippen LogP contribution < -0.4 is 21.5 Å². The maximum atomic E-state index is 15.4. The zero-order valence-electron chi connectivity index (χ0n) is 21.4. The van der Waals surface area contributed by atoms with Gasteiger partial charge in [0.05, 0.1) is 29.2 Å². The summed E-state index contributed by atoms with van der Waals surface area (Å²) < 4.78 is 32.5. The van der Waals surface area contributed by atoms with Crippen LogP contribution in [0.5, 0.6) is 0 Å². The first kappa shape index (κ1) is 28.1. The molecule has 2 aromatic heterocycles. The highest BCUT2D eigenvalue weighted by Crippen LogP contribution is 2.31. The Hall–Kier alpha value is -4.48. The predicted octanol–water partition coefficient (Wildman–Crippen LogP) is 2.17. The van der Waals surface area contributed by atoms with Crippen LogP contribution in [0, 0.1) is 18.6 Å². The van der Waals surface area contributed by atoms with E-state index in [9.17, 15) is 29.0 Å². The number of halogens is 2. The lowest BCUT2D eigenvalue weighted by atomic mass is 10.0. The van der Waals surface area contributed by atoms with Crippen molar-refractivity contribution in [1.29, 1.82) is 0 Å². The van der Waals surface area contributed by atoms with Crippen molar-refractivity contribution < 1.29 is 23.8 Å². The van der Waals surface area contributed by atoms with E-state index < -0.39 is 46.2 Å². The van der Waals surface area contributed by atoms with Gasteiger partial charge in [-0.15, -0.1) is 0 Å². The summed E-state index contributed by atoms with van der Waals surface area (Å²) >= 11 is 0. The van der Waals surface area contributed by atoms with Crippen molar-refractivity contribution in [2.45, 2.75) is 32.9 Å². The van der Waals surface area contributed by atoms with E-state index >= 15 is 4.39 Å². The summed E-state index contributed by atoms with van der Waals surface area (Å²) in [6.07, 6.45) is 3.01. The number of carboxylic acid groups (broad SMARTS) is 1. The number of carbonyl (C=O) groups is 1. The Kier molecular flexibility index (Phi) is 8.66. The Morgan fingerprint density at radius 2 is 1.97 bits per heavy atom. The molecule has 0 aliphatic carbocycles. The molecule has 3 N–H and O–H groups in total. The van der Waals surface area contributed by atoms with Gasteiger partial charge in [-0.05, 0) is 43.2 Å². The van der Waals surface area contributed by atoms with Crippen LogP contribution in [0.1, 0.15) is 29.3 Å². The van der Waals surface area contributed by atoms with Gasteiger partial charge >= 0.3 is 11.7 Å². The number of carboxylic acids is 1. The van der Waals surface area contributed by atoms with Gasteiger partial charge in [0.15, 0.2) is 5.82 Å². The topological polar surface area (TPSA) is 130 Å². The minimum Gasteiger partial charge on any atom is -0.513 e. The molecule has 0 bridgehead atoms. The largest absolute Gasteiger partial charge is 0.513 e. The highest BCUT2D eigenvalue weighted by Gasteiger charge is 2.26. The molecule has 1 atom stereocenters. The SMILES string of the molecule is CCN(C)c1c(C)cc(F)c(/C(=C\O)NC(Cc2ccnc(Cn3c(=O)ccn(C)c3=O)c2)C(=O)O)c1F. The minimum absolute atomic E-state index is 0.123. The van der Waals surface area contributed by atoms with E-state index in [1.54, 1.807) is 25.8 Å². The normalized spacial score (nSPS) is 12.3. The van der Waals surface area contributed by atoms with Crippen molar-refractivity contribution in [3.63, 3.8) is 0 Å². The monoisotopic (exact) mass is 529 g/mol. The number of nitrogens with one attached hydrogen (secondary N) is 1. The lowest BCUT2D eigenvalue weighted by molar-refractivity contribution is -0.139. The summed E-state index contributed by atoms with van der Waals surface area (Å²) in [6, 6.07) is 4.03. The van der Waals surface area contributed by atoms with E-state index in [4.69, 9.17) is 0 Å². The highest BCUT2D eigenvalue weighted by molar-refractivity contribution is 5.78. The van der Waals surface area contributed by atoms with E-state index in [1.807, 2.05) is 0 Å². The second-order valence-corrected chi connectivity index (χ2v) is 8.80. The highest BCUT2D eigenvalue weighted by atomic mass is 19.1. The molecule has 0 aliphatic heterocycles. The molecular weight excluding hydrogens is 500 g/mol. The van der Waals surface area contributed by atoms with Gasteiger partial charge in [0.25, 0.3) is 5.56 Å². The fourth-order valence-corrected chi connectivity index (χ4v) is 4.06. The van der Waals surface area contributed by atoms with Crippen LogP contribution in [0.15, 0.2) is 52.5 Å². The number of nitrogens with zero attached hydrogens (tertiary/aromatic N) is 4. The Balaban J connectivity index is 1.91. The Morgan fingerprint density at radius 3 is 2.61 bits per heavy atom. The Bertz CT molecular complexity index is 1500. The van der Waals surface area contributed by atoms with Crippen molar-refractivity contribution in [3.8, 4) is 0 Å². The molecule has 1 unspecified atom stereocenters. The second-order valence-electron chi connectivity index (χ2n) is 8.80. The first-order valence-corrected chi connectivity index (χ1v) is 11.7. The molecule has 0 spiro atoms. The van der Waals surface area contributed by atoms with E-state index in [0.717, 1.165) is 10.6 Å². The summed E-state index contributed by atoms with van der Waals surface area (Å²) in [4.78, 5) is 42.2. The summed E-state index contributed by atoms with van der Waals surface area (Å²) in [7, 11) is 3.13. The van der Waals surface area contributed by atoms with Crippen molar-refractivity contribution in [2.75, 3.05) is 18.5 Å². The average molecular weight is 530 g/mol. The van der Waals surface area contributed by atoms with Gasteiger partial charge in [-0.2, -0.15) is 0 Å². The number of benzene rings is 1. The minimum atomic E-state index is -1.40. The first-order valence-electron chi connectivity index (χ1n) is 11.7. The molecular formula is C26H29F2N5O5. The van der Waals surface area contributed by atoms with Gasteiger partial charge in [-0.25, -0.2) is 18.4 Å². The third-order valence-corrected chi connectivity index (χ3v) is 6.15. The van der Waals surface area contributed by atoms with Crippen LogP contribution in [0.2, 0.25) is 0 Å². The van der Waals surface area contributed by atoms with Crippen LogP contribution in [-0.4, -0.2) is 49.9 Å². The van der Waals surface area contributed by atoms with Gasteiger partial charge in [0, 0.05) is 45.5 Å². The van der Waals surface area contributed by atoms with Crippen molar-refractivity contribution >= 4 is 17.4 Å². The number of hydrogen-bond acceptors (Lipinski definition) is 7. The van der Waals surface area contributed by atoms with E-state index in [0.29, 0.717) is 29.6 Å². The van der Waals surface area contributed by atoms with Crippen molar-refractivity contribution in [2.24, 2.45) is 7.05 Å². The summed E-state index contributed by atoms with van der Waals surface area (Å²) in [5.41, 5.74) is -0.820. The molecule has 202 valence electrons. The van der Waals surface area contributed by atoms with E-state index in [2.05, 4.69) is 10.3 Å². The first-order chi connectivity index (χ1) is 18.0. The molecule has 0 aliphatic rings. The molecule has 0 amide bonds. The number of aliphatic carboxylic acids is 1. The van der Waals surface area contributed by atoms with E-state index in [1.165, 1.54) is 42.2 Å².